The topological polar surface area (TPSA) is 391 Å². The lowest BCUT2D eigenvalue weighted by molar-refractivity contribution is -0.384. The zero-order valence-corrected chi connectivity index (χ0v) is 83.9. The van der Waals surface area contributed by atoms with Crippen molar-refractivity contribution in [3.63, 3.8) is 0 Å². The molecule has 0 fully saturated rings. The third-order valence-corrected chi connectivity index (χ3v) is 30.2. The Balaban J connectivity index is 0.000000171. The van der Waals surface area contributed by atoms with E-state index in [9.17, 15) is 85.0 Å². The molecule has 39 heteroatoms. The molecule has 0 bridgehead atoms. The Kier molecular flexibility index (Phi) is 37.4. The van der Waals surface area contributed by atoms with Gasteiger partial charge in [-0.2, -0.15) is 8.78 Å². The van der Waals surface area contributed by atoms with Gasteiger partial charge >= 0.3 is 6.11 Å². The molecule has 0 aliphatic carbocycles. The monoisotopic (exact) mass is 2150 g/mol. The fourth-order valence-electron chi connectivity index (χ4n) is 13.3. The number of nitrogens with zero attached hydrogens (tertiary/aromatic N) is 1. The van der Waals surface area contributed by atoms with Crippen molar-refractivity contribution in [1.82, 2.24) is 0 Å². The molecule has 144 heavy (non-hydrogen) atoms. The van der Waals surface area contributed by atoms with E-state index in [1.165, 1.54) is 141 Å². The quantitative estimate of drug-likeness (QED) is 0.0148. The lowest BCUT2D eigenvalue weighted by Crippen LogP contribution is -2.19. The summed E-state index contributed by atoms with van der Waals surface area (Å²) in [5.41, 5.74) is 4.51. The predicted molar refractivity (Wildman–Crippen MR) is 558 cm³/mol. The number of nitro groups is 1. The number of carbonyl (C=O) groups is 5. The lowest BCUT2D eigenvalue weighted by Gasteiger charge is -2.14. The molecule has 0 saturated carbocycles. The fraction of sp³-hybridized carbons (Fsp3) is 0.0762. The molecule has 0 atom stereocenters. The summed E-state index contributed by atoms with van der Waals surface area (Å²) in [6.07, 6.45) is -0.291. The van der Waals surface area contributed by atoms with Crippen LogP contribution in [0.15, 0.2) is 392 Å². The highest BCUT2D eigenvalue weighted by Gasteiger charge is 2.30. The summed E-state index contributed by atoms with van der Waals surface area (Å²) in [5.74, 6) is -1.03. The Bertz CT molecular complexity index is 7960. The zero-order valence-electron chi connectivity index (χ0n) is 75.3. The van der Waals surface area contributed by atoms with Gasteiger partial charge in [0.15, 0.2) is 28.9 Å². The summed E-state index contributed by atoms with van der Waals surface area (Å²) in [7, 11) is -18.3. The number of ether oxygens (including phenoxy) is 2. The van der Waals surface area contributed by atoms with Crippen molar-refractivity contribution >= 4 is 182 Å². The molecule has 0 aliphatic heterocycles. The number of nitrogens with one attached hydrogen (secondary N) is 5. The normalized spacial score (nSPS) is 11.2. The molecule has 5 N–H and O–H groups in total. The molecule has 0 amide bonds. The van der Waals surface area contributed by atoms with E-state index >= 15 is 0 Å². The average Bonchev–Trinajstić information content (AvgIpc) is 1.59. The maximum atomic E-state index is 12.9. The average molecular weight is 2160 g/mol. The molecule has 0 aliphatic rings. The number of halogens is 7. The van der Waals surface area contributed by atoms with Crippen molar-refractivity contribution in [2.24, 2.45) is 0 Å². The number of aryl methyl sites for hydroxylation is 2. The number of hydrogen-bond donors (Lipinski definition) is 5. The molecule has 0 saturated heterocycles. The molecule has 2 heterocycles. The van der Waals surface area contributed by atoms with Gasteiger partial charge in [0, 0.05) is 94.2 Å². The predicted octanol–water partition coefficient (Wildman–Crippen LogP) is 25.8. The van der Waals surface area contributed by atoms with Gasteiger partial charge in [0.2, 0.25) is 0 Å². The number of methoxy groups -OCH3 is 1. The fourth-order valence-corrected chi connectivity index (χ4v) is 20.9. The van der Waals surface area contributed by atoms with Crippen molar-refractivity contribution in [1.29, 1.82) is 0 Å². The molecule has 2 aromatic heterocycles. The first-order valence-electron chi connectivity index (χ1n) is 42.4. The number of anilines is 5. The van der Waals surface area contributed by atoms with E-state index in [4.69, 9.17) is 67.2 Å². The highest BCUT2D eigenvalue weighted by atomic mass is 35.5. The number of non-ortho nitro benzene ring substituents is 1. The molecular formula is C105H85Cl5F2N6O20S6. The van der Waals surface area contributed by atoms with Crippen molar-refractivity contribution in [2.75, 3.05) is 30.7 Å². The molecule has 740 valence electrons. The SMILES string of the molecule is C.CC(F)(F)Oc1ccc(S(=O)(=O)Nc2ccc(Cl)cc2C(=O)c2ccccc2)cc1.CCc1ccc(S(=O)(=O)Nc2ccc(Cl)cc2C(=O)c2cccc(Cl)c2)cc1.CCc1ccc(S(=O)(=O)Nc2ccc([N+](=O)[O-])cc2C(=O)c2ccccc2)cc1.COc1ccc(S(=O)(=O)Nc2ccc(Cl)cc2C(=O)c2ccccc2)cc1.O=C(c1ccccc1)c1cc(Cl)ccc1NS(=O)(=O)c1ccc(-c2ccco2)s1. The number of furan rings is 1. The Morgan fingerprint density at radius 3 is 0.958 bits per heavy atom. The maximum absolute atomic E-state index is 12.9. The molecule has 0 radical (unpaired) electrons. The number of hydrogen-bond acceptors (Lipinski definition) is 21. The van der Waals surface area contributed by atoms with Gasteiger partial charge < -0.3 is 13.9 Å². The standard InChI is InChI=1S/C21H17Cl2NO3S.C21H16ClF2NO4S.C21H14ClNO4S2.C21H18N2O5S.C20H16ClNO4S.CH4/c1-2-14-6-9-18(10-7-14)28(26,27)24-20-11-8-17(23)13-19(20)21(25)15-4-3-5-16(22)12-15;1-21(23,24)29-16-8-10-17(11-9-16)30(27,28)25-19-12-7-15(22)13-18(19)20(26)14-5-3-2-4-6-14;22-15-8-9-17(16(13-15)21(24)14-5-2-1-3-6-14)23-29(25,26)20-11-10-19(28-20)18-7-4-12-27-18;1-2-15-8-11-18(12-9-15)29(27,28)22-20-13-10-17(23(25)26)14-19(20)21(24)16-6-4-3-5-7-16;1-26-16-8-10-17(11-9-16)27(24,25)22-19-12-7-15(21)13-18(19)20(23)14-5-3-2-4-6-14;/h3-13,24H,2H2,1H3;2-13,25H,1H3;1-13,23H;3-14,22H,2H2,1H3;2-13,22H,1H3;1H4. The lowest BCUT2D eigenvalue weighted by atomic mass is 10.0. The number of carbonyl (C=O) groups excluding carboxylic acids is 5. The number of thiophene rings is 1. The van der Waals surface area contributed by atoms with Crippen LogP contribution < -0.4 is 33.1 Å². The number of benzene rings is 14. The van der Waals surface area contributed by atoms with Gasteiger partial charge in [-0.15, -0.1) is 11.3 Å². The van der Waals surface area contributed by atoms with Crippen molar-refractivity contribution in [3.05, 3.63) is 466 Å². The summed E-state index contributed by atoms with van der Waals surface area (Å²) in [6.45, 7) is 4.52. The van der Waals surface area contributed by atoms with E-state index in [0.717, 1.165) is 71.7 Å². The number of rotatable bonds is 32. The Morgan fingerprint density at radius 1 is 0.354 bits per heavy atom. The first-order chi connectivity index (χ1) is 68.0. The maximum Gasteiger partial charge on any atom is 0.394 e. The van der Waals surface area contributed by atoms with Crippen molar-refractivity contribution in [2.45, 2.75) is 70.9 Å². The summed E-state index contributed by atoms with van der Waals surface area (Å²) >= 11 is 31.2. The van der Waals surface area contributed by atoms with E-state index in [-0.39, 0.29) is 121 Å². The van der Waals surface area contributed by atoms with Gasteiger partial charge in [-0.1, -0.05) is 237 Å². The third-order valence-electron chi connectivity index (χ3n) is 20.5. The third kappa shape index (κ3) is 29.6. The van der Waals surface area contributed by atoms with Gasteiger partial charge in [0.25, 0.3) is 55.8 Å². The largest absolute Gasteiger partial charge is 0.497 e. The van der Waals surface area contributed by atoms with Crippen LogP contribution >= 0.6 is 69.3 Å². The van der Waals surface area contributed by atoms with Crippen LogP contribution in [-0.4, -0.2) is 89.1 Å². The van der Waals surface area contributed by atoms with E-state index in [1.807, 2.05) is 13.8 Å². The van der Waals surface area contributed by atoms with E-state index < -0.39 is 72.7 Å². The summed E-state index contributed by atoms with van der Waals surface area (Å²) in [6, 6.07) is 91.1. The number of ketones is 5. The second-order valence-electron chi connectivity index (χ2n) is 30.5. The zero-order chi connectivity index (χ0) is 103. The minimum Gasteiger partial charge on any atom is -0.497 e. The molecule has 26 nitrogen and oxygen atoms in total. The minimum absolute atomic E-state index is 0. The van der Waals surface area contributed by atoms with Gasteiger partial charge in [-0.3, -0.25) is 57.7 Å². The van der Waals surface area contributed by atoms with Gasteiger partial charge in [-0.05, 0) is 212 Å². The molecule has 16 aromatic rings. The summed E-state index contributed by atoms with van der Waals surface area (Å²) < 4.78 is 181. The van der Waals surface area contributed by atoms with Crippen LogP contribution in [0.1, 0.15) is 119 Å². The van der Waals surface area contributed by atoms with Crippen LogP contribution in [0.2, 0.25) is 25.1 Å². The Morgan fingerprint density at radius 2 is 0.653 bits per heavy atom. The van der Waals surface area contributed by atoms with Crippen LogP contribution in [0.4, 0.5) is 42.9 Å². The summed E-state index contributed by atoms with van der Waals surface area (Å²) in [4.78, 5) is 75.6. The second-order valence-corrected chi connectivity index (χ2v) is 42.4. The minimum atomic E-state index is -4.11. The molecular weight excluding hydrogens is 2070 g/mol. The molecule has 14 aromatic carbocycles. The number of alkyl halides is 2. The Labute approximate surface area is 859 Å². The second kappa shape index (κ2) is 49.0. The Hall–Kier alpha value is -14.5. The first-order valence-corrected chi connectivity index (χ1v) is 52.6. The van der Waals surface area contributed by atoms with E-state index in [2.05, 4.69) is 28.3 Å². The molecule has 16 rings (SSSR count). The van der Waals surface area contributed by atoms with Crippen LogP contribution in [-0.2, 0) is 63.0 Å². The van der Waals surface area contributed by atoms with Crippen molar-refractivity contribution < 1.29 is 93.7 Å². The highest BCUT2D eigenvalue weighted by Crippen LogP contribution is 2.37. The molecule has 0 spiro atoms. The van der Waals surface area contributed by atoms with Gasteiger partial charge in [-0.25, -0.2) is 42.1 Å². The van der Waals surface area contributed by atoms with Crippen LogP contribution in [0.3, 0.4) is 0 Å². The highest BCUT2D eigenvalue weighted by molar-refractivity contribution is 7.95. The van der Waals surface area contributed by atoms with Gasteiger partial charge in [0.05, 0.1) is 76.8 Å². The van der Waals surface area contributed by atoms with Crippen molar-refractivity contribution in [3.8, 4) is 22.1 Å². The van der Waals surface area contributed by atoms with Crippen LogP contribution in [0, 0.1) is 10.1 Å². The van der Waals surface area contributed by atoms with E-state index in [1.54, 1.807) is 194 Å². The summed E-state index contributed by atoms with van der Waals surface area (Å²) in [5, 5.41) is 12.8. The number of sulfonamides is 5. The smallest absolute Gasteiger partial charge is 0.394 e. The van der Waals surface area contributed by atoms with Gasteiger partial charge in [0.1, 0.15) is 21.5 Å². The van der Waals surface area contributed by atoms with Crippen LogP contribution in [0.25, 0.3) is 10.6 Å². The van der Waals surface area contributed by atoms with E-state index in [0.29, 0.717) is 71.2 Å². The number of nitro benzene ring substituents is 1. The van der Waals surface area contributed by atoms with Crippen LogP contribution in [0.5, 0.6) is 11.5 Å². The molecule has 0 unspecified atom stereocenters. The first kappa shape index (κ1) is 110.